The highest BCUT2D eigenvalue weighted by Gasteiger charge is 2.27. The van der Waals surface area contributed by atoms with Gasteiger partial charge in [0.2, 0.25) is 5.91 Å². The predicted molar refractivity (Wildman–Crippen MR) is 115 cm³/mol. The van der Waals surface area contributed by atoms with Crippen LogP contribution in [-0.4, -0.2) is 35.1 Å². The fourth-order valence-electron chi connectivity index (χ4n) is 3.85. The van der Waals surface area contributed by atoms with Gasteiger partial charge in [-0.05, 0) is 35.4 Å². The van der Waals surface area contributed by atoms with Gasteiger partial charge in [-0.2, -0.15) is 0 Å². The van der Waals surface area contributed by atoms with Gasteiger partial charge in [0.1, 0.15) is 6.10 Å². The number of carbonyl (C=O) groups is 1. The molecular weight excluding hydrogens is 384 g/mol. The predicted octanol–water partition coefficient (Wildman–Crippen LogP) is 4.92. The molecule has 1 saturated heterocycles. The second-order valence-electron chi connectivity index (χ2n) is 7.44. The molecule has 4 nitrogen and oxygen atoms in total. The average Bonchev–Trinajstić information content (AvgIpc) is 3.28. The van der Waals surface area contributed by atoms with Gasteiger partial charge in [-0.1, -0.05) is 54.1 Å². The van der Waals surface area contributed by atoms with Crippen LogP contribution < -0.4 is 0 Å². The summed E-state index contributed by atoms with van der Waals surface area (Å²) in [5, 5.41) is 0.707. The first-order chi connectivity index (χ1) is 14.2. The third kappa shape index (κ3) is 5.08. The van der Waals surface area contributed by atoms with Crippen molar-refractivity contribution in [1.29, 1.82) is 0 Å². The molecule has 2 aromatic carbocycles. The summed E-state index contributed by atoms with van der Waals surface area (Å²) in [5.74, 6) is 0.256. The zero-order valence-electron chi connectivity index (χ0n) is 16.3. The van der Waals surface area contributed by atoms with Crippen LogP contribution in [0, 0.1) is 0 Å². The molecule has 3 aromatic rings. The van der Waals surface area contributed by atoms with Crippen LogP contribution in [0.25, 0.3) is 0 Å². The highest BCUT2D eigenvalue weighted by atomic mass is 35.5. The van der Waals surface area contributed by atoms with E-state index in [0.717, 1.165) is 17.7 Å². The second kappa shape index (κ2) is 9.29. The van der Waals surface area contributed by atoms with Gasteiger partial charge in [-0.25, -0.2) is 0 Å². The molecule has 0 aliphatic carbocycles. The van der Waals surface area contributed by atoms with Crippen molar-refractivity contribution in [3.05, 3.63) is 95.3 Å². The summed E-state index contributed by atoms with van der Waals surface area (Å²) in [5.41, 5.74) is 2.25. The lowest BCUT2D eigenvalue weighted by atomic mass is 9.94. The van der Waals surface area contributed by atoms with Gasteiger partial charge in [0.05, 0.1) is 13.2 Å². The van der Waals surface area contributed by atoms with Crippen LogP contribution in [0.4, 0.5) is 0 Å². The Labute approximate surface area is 176 Å². The van der Waals surface area contributed by atoms with E-state index in [1.165, 1.54) is 0 Å². The first-order valence-corrected chi connectivity index (χ1v) is 10.4. The van der Waals surface area contributed by atoms with Crippen LogP contribution >= 0.6 is 11.6 Å². The molecular formula is C24H25ClN2O2. The molecule has 0 unspecified atom stereocenters. The van der Waals surface area contributed by atoms with Crippen molar-refractivity contribution in [1.82, 2.24) is 9.47 Å². The SMILES string of the molecule is O=C(C[C@H](Cn1cccc1)c1ccc(Cl)cc1)N1CCO[C@H](c2ccccc2)C1. The van der Waals surface area contributed by atoms with Gasteiger partial charge in [0, 0.05) is 42.8 Å². The first-order valence-electron chi connectivity index (χ1n) is 9.99. The molecule has 0 radical (unpaired) electrons. The largest absolute Gasteiger partial charge is 0.370 e. The summed E-state index contributed by atoms with van der Waals surface area (Å²) in [6.45, 7) is 2.56. The van der Waals surface area contributed by atoms with Gasteiger partial charge in [0.25, 0.3) is 0 Å². The third-order valence-electron chi connectivity index (χ3n) is 5.45. The molecule has 0 N–H and O–H groups in total. The minimum Gasteiger partial charge on any atom is -0.370 e. The molecule has 5 heteroatoms. The quantitative estimate of drug-likeness (QED) is 0.580. The van der Waals surface area contributed by atoms with Crippen molar-refractivity contribution in [2.24, 2.45) is 0 Å². The van der Waals surface area contributed by atoms with Crippen LogP contribution in [0.5, 0.6) is 0 Å². The van der Waals surface area contributed by atoms with Crippen molar-refractivity contribution in [2.75, 3.05) is 19.7 Å². The number of rotatable bonds is 6. The Balaban J connectivity index is 1.47. The number of morpholine rings is 1. The zero-order valence-corrected chi connectivity index (χ0v) is 17.0. The Hall–Kier alpha value is -2.56. The van der Waals surface area contributed by atoms with Gasteiger partial charge < -0.3 is 14.2 Å². The Morgan fingerprint density at radius 2 is 1.76 bits per heavy atom. The Morgan fingerprint density at radius 1 is 1.03 bits per heavy atom. The molecule has 1 amide bonds. The van der Waals surface area contributed by atoms with Crippen LogP contribution in [0.15, 0.2) is 79.1 Å². The molecule has 0 spiro atoms. The number of halogens is 1. The smallest absolute Gasteiger partial charge is 0.223 e. The molecule has 2 heterocycles. The first kappa shape index (κ1) is 19.7. The van der Waals surface area contributed by atoms with Crippen molar-refractivity contribution in [2.45, 2.75) is 25.0 Å². The molecule has 1 aliphatic heterocycles. The van der Waals surface area contributed by atoms with Crippen LogP contribution in [-0.2, 0) is 16.1 Å². The normalized spacial score (nSPS) is 17.8. The highest BCUT2D eigenvalue weighted by molar-refractivity contribution is 6.30. The van der Waals surface area contributed by atoms with E-state index >= 15 is 0 Å². The summed E-state index contributed by atoms with van der Waals surface area (Å²) in [6.07, 6.45) is 4.47. The second-order valence-corrected chi connectivity index (χ2v) is 7.88. The number of hydrogen-bond acceptors (Lipinski definition) is 2. The van der Waals surface area contributed by atoms with E-state index < -0.39 is 0 Å². The number of aromatic nitrogens is 1. The summed E-state index contributed by atoms with van der Waals surface area (Å²) in [6, 6.07) is 22.0. The standard InChI is InChI=1S/C24H25ClN2O2/c25-22-10-8-19(9-11-22)21(17-26-12-4-5-13-26)16-24(28)27-14-15-29-23(18-27)20-6-2-1-3-7-20/h1-13,21,23H,14-18H2/t21-,23+/m1/s1. The van der Waals surface area contributed by atoms with Crippen molar-refractivity contribution < 1.29 is 9.53 Å². The van der Waals surface area contributed by atoms with E-state index in [0.29, 0.717) is 31.1 Å². The minimum atomic E-state index is -0.0627. The fraction of sp³-hybridized carbons (Fsp3) is 0.292. The van der Waals surface area contributed by atoms with E-state index in [4.69, 9.17) is 16.3 Å². The minimum absolute atomic E-state index is 0.0627. The lowest BCUT2D eigenvalue weighted by Gasteiger charge is -2.34. The highest BCUT2D eigenvalue weighted by Crippen LogP contribution is 2.27. The molecule has 0 saturated carbocycles. The van der Waals surface area contributed by atoms with Crippen molar-refractivity contribution in [3.8, 4) is 0 Å². The summed E-state index contributed by atoms with van der Waals surface area (Å²) >= 11 is 6.07. The Bertz CT molecular complexity index is 910. The topological polar surface area (TPSA) is 34.5 Å². The molecule has 150 valence electrons. The zero-order chi connectivity index (χ0) is 20.1. The number of hydrogen-bond donors (Lipinski definition) is 0. The van der Waals surface area contributed by atoms with E-state index in [1.54, 1.807) is 0 Å². The lowest BCUT2D eigenvalue weighted by Crippen LogP contribution is -2.42. The maximum atomic E-state index is 13.2. The van der Waals surface area contributed by atoms with Gasteiger partial charge in [-0.15, -0.1) is 0 Å². The molecule has 1 fully saturated rings. The van der Waals surface area contributed by atoms with Crippen LogP contribution in [0.3, 0.4) is 0 Å². The van der Waals surface area contributed by atoms with Crippen LogP contribution in [0.1, 0.15) is 29.6 Å². The average molecular weight is 409 g/mol. The monoisotopic (exact) mass is 408 g/mol. The maximum absolute atomic E-state index is 13.2. The molecule has 1 aliphatic rings. The maximum Gasteiger partial charge on any atom is 0.223 e. The summed E-state index contributed by atoms with van der Waals surface area (Å²) in [7, 11) is 0. The Kier molecular flexibility index (Phi) is 6.33. The molecule has 2 atom stereocenters. The molecule has 4 rings (SSSR count). The summed E-state index contributed by atoms with van der Waals surface area (Å²) in [4.78, 5) is 15.1. The number of carbonyl (C=O) groups excluding carboxylic acids is 1. The van der Waals surface area contributed by atoms with Crippen LogP contribution in [0.2, 0.25) is 5.02 Å². The van der Waals surface area contributed by atoms with Gasteiger partial charge >= 0.3 is 0 Å². The van der Waals surface area contributed by atoms with E-state index in [-0.39, 0.29) is 17.9 Å². The third-order valence-corrected chi connectivity index (χ3v) is 5.70. The molecule has 1 aromatic heterocycles. The van der Waals surface area contributed by atoms with E-state index in [9.17, 15) is 4.79 Å². The molecule has 0 bridgehead atoms. The summed E-state index contributed by atoms with van der Waals surface area (Å²) < 4.78 is 8.04. The lowest BCUT2D eigenvalue weighted by molar-refractivity contribution is -0.139. The number of nitrogens with zero attached hydrogens (tertiary/aromatic N) is 2. The fourth-order valence-corrected chi connectivity index (χ4v) is 3.98. The van der Waals surface area contributed by atoms with E-state index in [1.807, 2.05) is 71.9 Å². The molecule has 29 heavy (non-hydrogen) atoms. The van der Waals surface area contributed by atoms with Crippen molar-refractivity contribution >= 4 is 17.5 Å². The number of benzene rings is 2. The van der Waals surface area contributed by atoms with Crippen molar-refractivity contribution in [3.63, 3.8) is 0 Å². The number of amides is 1. The van der Waals surface area contributed by atoms with Gasteiger partial charge in [0.15, 0.2) is 0 Å². The number of ether oxygens (including phenoxy) is 1. The Morgan fingerprint density at radius 3 is 2.48 bits per heavy atom. The van der Waals surface area contributed by atoms with E-state index in [2.05, 4.69) is 16.7 Å². The van der Waals surface area contributed by atoms with Gasteiger partial charge in [-0.3, -0.25) is 4.79 Å².